The number of thiophene rings is 1. The Kier molecular flexibility index (Phi) is 4.10. The van der Waals surface area contributed by atoms with Crippen LogP contribution in [0.25, 0.3) is 10.2 Å². The van der Waals surface area contributed by atoms with Crippen LogP contribution in [0.5, 0.6) is 0 Å². The molecule has 0 saturated heterocycles. The molecule has 22 heavy (non-hydrogen) atoms. The van der Waals surface area contributed by atoms with Gasteiger partial charge in [0.25, 0.3) is 0 Å². The Morgan fingerprint density at radius 1 is 1.36 bits per heavy atom. The number of rotatable bonds is 4. The molecule has 1 unspecified atom stereocenters. The summed E-state index contributed by atoms with van der Waals surface area (Å²) in [6, 6.07) is 9.16. The Balaban J connectivity index is 1.60. The number of thiazole rings is 1. The van der Waals surface area contributed by atoms with Crippen LogP contribution in [0.15, 0.2) is 41.1 Å². The number of fused-ring (bicyclic) bond motifs is 1. The molecule has 0 aliphatic carbocycles. The molecule has 3 rings (SSSR count). The van der Waals surface area contributed by atoms with Gasteiger partial charge in [-0.15, -0.1) is 0 Å². The van der Waals surface area contributed by atoms with Crippen molar-refractivity contribution in [2.45, 2.75) is 12.5 Å². The molecule has 1 aromatic carbocycles. The maximum absolute atomic E-state index is 11.9. The van der Waals surface area contributed by atoms with Crippen LogP contribution in [0.1, 0.15) is 12.5 Å². The molecule has 0 aliphatic heterocycles. The first-order valence-corrected chi connectivity index (χ1v) is 8.46. The molecule has 2 amide bonds. The number of amides is 2. The molecule has 114 valence electrons. The van der Waals surface area contributed by atoms with E-state index in [2.05, 4.69) is 15.6 Å². The molecule has 2 heterocycles. The molecule has 0 saturated carbocycles. The first-order chi connectivity index (χ1) is 10.5. The number of nitrogens with one attached hydrogen (secondary N) is 2. The van der Waals surface area contributed by atoms with E-state index in [9.17, 15) is 9.90 Å². The zero-order valence-electron chi connectivity index (χ0n) is 11.9. The van der Waals surface area contributed by atoms with Crippen molar-refractivity contribution in [2.75, 3.05) is 11.9 Å². The van der Waals surface area contributed by atoms with Gasteiger partial charge in [0, 0.05) is 0 Å². The minimum Gasteiger partial charge on any atom is -0.384 e. The highest BCUT2D eigenvalue weighted by atomic mass is 32.1. The highest BCUT2D eigenvalue weighted by Crippen LogP contribution is 2.25. The van der Waals surface area contributed by atoms with Gasteiger partial charge in [-0.25, -0.2) is 9.78 Å². The average Bonchev–Trinajstić information content (AvgIpc) is 3.14. The van der Waals surface area contributed by atoms with Crippen LogP contribution in [0.2, 0.25) is 0 Å². The van der Waals surface area contributed by atoms with Gasteiger partial charge in [-0.05, 0) is 41.4 Å². The third-order valence-corrected chi connectivity index (χ3v) is 4.89. The molecule has 0 spiro atoms. The lowest BCUT2D eigenvalue weighted by molar-refractivity contribution is 0.0604. The summed E-state index contributed by atoms with van der Waals surface area (Å²) in [5, 5.41) is 20.0. The standard InChI is InChI=1S/C15H15N3O2S2/c1-15(20,10-6-7-21-8-10)9-16-13(19)18-14-17-11-4-2-3-5-12(11)22-14/h2-8,20H,9H2,1H3,(H2,16,17,18,19). The van der Waals surface area contributed by atoms with Gasteiger partial charge in [-0.2, -0.15) is 11.3 Å². The summed E-state index contributed by atoms with van der Waals surface area (Å²) in [4.78, 5) is 16.3. The molecule has 1 atom stereocenters. The summed E-state index contributed by atoms with van der Waals surface area (Å²) >= 11 is 2.92. The van der Waals surface area contributed by atoms with E-state index in [4.69, 9.17) is 0 Å². The number of hydrogen-bond donors (Lipinski definition) is 3. The van der Waals surface area contributed by atoms with E-state index in [-0.39, 0.29) is 12.6 Å². The molecule has 0 fully saturated rings. The molecule has 5 nitrogen and oxygen atoms in total. The minimum atomic E-state index is -1.09. The number of para-hydroxylation sites is 1. The highest BCUT2D eigenvalue weighted by molar-refractivity contribution is 7.22. The number of benzene rings is 1. The predicted octanol–water partition coefficient (Wildman–Crippen LogP) is 3.39. The quantitative estimate of drug-likeness (QED) is 0.685. The lowest BCUT2D eigenvalue weighted by Gasteiger charge is -2.22. The van der Waals surface area contributed by atoms with Gasteiger partial charge < -0.3 is 10.4 Å². The topological polar surface area (TPSA) is 74.2 Å². The van der Waals surface area contributed by atoms with Gasteiger partial charge >= 0.3 is 6.03 Å². The number of aromatic nitrogens is 1. The first kappa shape index (κ1) is 15.0. The number of hydrogen-bond acceptors (Lipinski definition) is 5. The van der Waals surface area contributed by atoms with E-state index >= 15 is 0 Å². The Morgan fingerprint density at radius 3 is 2.91 bits per heavy atom. The van der Waals surface area contributed by atoms with Gasteiger partial charge in [-0.1, -0.05) is 23.5 Å². The fraction of sp³-hybridized carbons (Fsp3) is 0.200. The highest BCUT2D eigenvalue weighted by Gasteiger charge is 2.24. The number of aliphatic hydroxyl groups is 1. The van der Waals surface area contributed by atoms with Crippen molar-refractivity contribution in [3.8, 4) is 0 Å². The summed E-state index contributed by atoms with van der Waals surface area (Å²) in [5.41, 5.74) is 0.552. The van der Waals surface area contributed by atoms with Crippen LogP contribution in [-0.4, -0.2) is 22.7 Å². The lowest BCUT2D eigenvalue weighted by atomic mass is 9.99. The number of nitrogens with zero attached hydrogens (tertiary/aromatic N) is 1. The maximum atomic E-state index is 11.9. The fourth-order valence-corrected chi connectivity index (χ4v) is 3.64. The van der Waals surface area contributed by atoms with Gasteiger partial charge in [-0.3, -0.25) is 5.32 Å². The average molecular weight is 333 g/mol. The molecular formula is C15H15N3O2S2. The summed E-state index contributed by atoms with van der Waals surface area (Å²) in [5.74, 6) is 0. The minimum absolute atomic E-state index is 0.125. The van der Waals surface area contributed by atoms with E-state index in [0.717, 1.165) is 15.8 Å². The fourth-order valence-electron chi connectivity index (χ4n) is 1.99. The molecule has 3 N–H and O–H groups in total. The molecule has 7 heteroatoms. The number of anilines is 1. The largest absolute Gasteiger partial charge is 0.384 e. The van der Waals surface area contributed by atoms with Crippen LogP contribution in [0, 0.1) is 0 Å². The van der Waals surface area contributed by atoms with Crippen LogP contribution >= 0.6 is 22.7 Å². The van der Waals surface area contributed by atoms with Crippen molar-refractivity contribution < 1.29 is 9.90 Å². The molecule has 0 aliphatic rings. The van der Waals surface area contributed by atoms with Crippen molar-refractivity contribution in [1.82, 2.24) is 10.3 Å². The Labute approximate surface area is 135 Å². The third kappa shape index (κ3) is 3.27. The first-order valence-electron chi connectivity index (χ1n) is 6.70. The number of carbonyl (C=O) groups excluding carboxylic acids is 1. The van der Waals surface area contributed by atoms with E-state index < -0.39 is 5.60 Å². The van der Waals surface area contributed by atoms with Crippen LogP contribution < -0.4 is 10.6 Å². The van der Waals surface area contributed by atoms with Crippen molar-refractivity contribution in [3.63, 3.8) is 0 Å². The second-order valence-electron chi connectivity index (χ2n) is 5.08. The number of carbonyl (C=O) groups is 1. The Morgan fingerprint density at radius 2 is 2.18 bits per heavy atom. The van der Waals surface area contributed by atoms with Gasteiger partial charge in [0.05, 0.1) is 16.8 Å². The molecule has 2 aromatic heterocycles. The summed E-state index contributed by atoms with van der Waals surface area (Å²) in [6.45, 7) is 1.80. The second-order valence-corrected chi connectivity index (χ2v) is 6.89. The summed E-state index contributed by atoms with van der Waals surface area (Å²) in [6.07, 6.45) is 0. The maximum Gasteiger partial charge on any atom is 0.321 e. The molecule has 0 radical (unpaired) electrons. The second kappa shape index (κ2) is 6.04. The lowest BCUT2D eigenvalue weighted by Crippen LogP contribution is -2.40. The normalized spacial score (nSPS) is 13.7. The molecule has 0 bridgehead atoms. The van der Waals surface area contributed by atoms with Crippen molar-refractivity contribution >= 4 is 44.1 Å². The summed E-state index contributed by atoms with van der Waals surface area (Å²) < 4.78 is 1.02. The number of urea groups is 1. The van der Waals surface area contributed by atoms with Gasteiger partial charge in [0.15, 0.2) is 5.13 Å². The molecule has 3 aromatic rings. The van der Waals surface area contributed by atoms with Crippen molar-refractivity contribution in [1.29, 1.82) is 0 Å². The van der Waals surface area contributed by atoms with Crippen LogP contribution in [0.3, 0.4) is 0 Å². The van der Waals surface area contributed by atoms with Crippen molar-refractivity contribution in [2.24, 2.45) is 0 Å². The predicted molar refractivity (Wildman–Crippen MR) is 90.5 cm³/mol. The van der Waals surface area contributed by atoms with Crippen LogP contribution in [-0.2, 0) is 5.60 Å². The monoisotopic (exact) mass is 333 g/mol. The van der Waals surface area contributed by atoms with E-state index in [1.54, 1.807) is 6.92 Å². The van der Waals surface area contributed by atoms with E-state index in [1.165, 1.54) is 22.7 Å². The third-order valence-electron chi connectivity index (χ3n) is 3.25. The van der Waals surface area contributed by atoms with E-state index in [0.29, 0.717) is 5.13 Å². The van der Waals surface area contributed by atoms with Gasteiger partial charge in [0.1, 0.15) is 5.60 Å². The Bertz CT molecular complexity index is 748. The zero-order valence-corrected chi connectivity index (χ0v) is 13.5. The molecular weight excluding hydrogens is 318 g/mol. The smallest absolute Gasteiger partial charge is 0.321 e. The van der Waals surface area contributed by atoms with Crippen LogP contribution in [0.4, 0.5) is 9.93 Å². The van der Waals surface area contributed by atoms with Gasteiger partial charge in [0.2, 0.25) is 0 Å². The SMILES string of the molecule is CC(O)(CNC(=O)Nc1nc2ccccc2s1)c1ccsc1. The Hall–Kier alpha value is -1.96. The van der Waals surface area contributed by atoms with E-state index in [1.807, 2.05) is 41.1 Å². The van der Waals surface area contributed by atoms with Crippen molar-refractivity contribution in [3.05, 3.63) is 46.7 Å². The summed E-state index contributed by atoms with van der Waals surface area (Å²) in [7, 11) is 0. The zero-order chi connectivity index (χ0) is 15.6.